The summed E-state index contributed by atoms with van der Waals surface area (Å²) in [6.45, 7) is 2.52. The molecule has 0 aromatic heterocycles. The van der Waals surface area contributed by atoms with E-state index in [0.717, 1.165) is 23.3 Å². The molecule has 0 unspecified atom stereocenters. The number of likely N-dealkylation sites (N-methyl/N-ethyl adjacent to an activating group) is 1. The molecule has 1 aromatic rings. The Bertz CT molecular complexity index is 881. The first kappa shape index (κ1) is 23.4. The van der Waals surface area contributed by atoms with E-state index in [9.17, 15) is 19.2 Å². The van der Waals surface area contributed by atoms with E-state index in [4.69, 9.17) is 9.47 Å². The number of methoxy groups -OCH3 is 1. The number of nitrogens with one attached hydrogen (secondary N) is 3. The number of nitrogens with zero attached hydrogens (tertiary/aromatic N) is 1. The summed E-state index contributed by atoms with van der Waals surface area (Å²) >= 11 is 0. The summed E-state index contributed by atoms with van der Waals surface area (Å²) in [5.74, 6) is 0.152. The van der Waals surface area contributed by atoms with Gasteiger partial charge < -0.3 is 25.4 Å². The predicted molar refractivity (Wildman–Crippen MR) is 115 cm³/mol. The molecule has 1 aliphatic carbocycles. The Labute approximate surface area is 187 Å². The lowest BCUT2D eigenvalue weighted by molar-refractivity contribution is -0.131. The zero-order valence-electron chi connectivity index (χ0n) is 18.5. The van der Waals surface area contributed by atoms with Crippen LogP contribution in [0.1, 0.15) is 44.6 Å². The van der Waals surface area contributed by atoms with Crippen LogP contribution in [-0.4, -0.2) is 61.0 Å². The molecule has 2 aliphatic rings. The van der Waals surface area contributed by atoms with Gasteiger partial charge in [-0.3, -0.25) is 19.3 Å². The molecule has 1 saturated heterocycles. The van der Waals surface area contributed by atoms with Crippen molar-refractivity contribution in [2.24, 2.45) is 0 Å². The number of carbonyl (C=O) groups excluding carboxylic acids is 4. The third-order valence-corrected chi connectivity index (χ3v) is 5.72. The fraction of sp³-hybridized carbons (Fsp3) is 0.545. The minimum Gasteiger partial charge on any atom is -0.493 e. The molecule has 0 radical (unpaired) electrons. The summed E-state index contributed by atoms with van der Waals surface area (Å²) in [4.78, 5) is 49.8. The Morgan fingerprint density at radius 2 is 1.88 bits per heavy atom. The first-order chi connectivity index (χ1) is 15.4. The molecule has 32 heavy (non-hydrogen) atoms. The summed E-state index contributed by atoms with van der Waals surface area (Å²) < 4.78 is 10.8. The summed E-state index contributed by atoms with van der Waals surface area (Å²) in [6.07, 6.45) is 3.18. The van der Waals surface area contributed by atoms with E-state index in [1.54, 1.807) is 18.2 Å². The molecule has 1 saturated carbocycles. The van der Waals surface area contributed by atoms with E-state index in [-0.39, 0.29) is 43.8 Å². The normalized spacial score (nSPS) is 16.8. The van der Waals surface area contributed by atoms with Gasteiger partial charge >= 0.3 is 6.03 Å². The van der Waals surface area contributed by atoms with Crippen LogP contribution in [0.5, 0.6) is 11.5 Å². The predicted octanol–water partition coefficient (Wildman–Crippen LogP) is 1.08. The first-order valence-corrected chi connectivity index (χ1v) is 10.9. The lowest BCUT2D eigenvalue weighted by atomic mass is 9.98. The van der Waals surface area contributed by atoms with Crippen LogP contribution in [0.2, 0.25) is 0 Å². The number of hydrogen-bond acceptors (Lipinski definition) is 6. The molecule has 0 atom stereocenters. The molecule has 5 amide bonds. The van der Waals surface area contributed by atoms with Gasteiger partial charge in [0.25, 0.3) is 11.8 Å². The van der Waals surface area contributed by atoms with Crippen LogP contribution in [0.25, 0.3) is 0 Å². The van der Waals surface area contributed by atoms with Crippen LogP contribution < -0.4 is 25.4 Å². The van der Waals surface area contributed by atoms with Gasteiger partial charge in [-0.15, -0.1) is 0 Å². The van der Waals surface area contributed by atoms with Crippen LogP contribution in [-0.2, 0) is 20.9 Å². The molecule has 1 spiro atoms. The average molecular weight is 447 g/mol. The van der Waals surface area contributed by atoms with Gasteiger partial charge in [0.15, 0.2) is 18.1 Å². The van der Waals surface area contributed by atoms with Crippen molar-refractivity contribution in [2.45, 2.75) is 51.1 Å². The third kappa shape index (κ3) is 5.30. The minimum atomic E-state index is -0.759. The van der Waals surface area contributed by atoms with E-state index in [0.29, 0.717) is 30.9 Å². The van der Waals surface area contributed by atoms with E-state index in [2.05, 4.69) is 16.0 Å². The fourth-order valence-corrected chi connectivity index (χ4v) is 4.03. The fourth-order valence-electron chi connectivity index (χ4n) is 4.03. The van der Waals surface area contributed by atoms with Crippen molar-refractivity contribution >= 4 is 23.8 Å². The number of hydrogen-bond donors (Lipinski definition) is 3. The summed E-state index contributed by atoms with van der Waals surface area (Å²) in [5, 5.41) is 8.24. The molecule has 1 aliphatic heterocycles. The first-order valence-electron chi connectivity index (χ1n) is 10.9. The van der Waals surface area contributed by atoms with Crippen LogP contribution in [0, 0.1) is 0 Å². The molecular formula is C22H30N4O6. The molecule has 174 valence electrons. The SMILES string of the molecule is CCNC(=O)COc1ccc(CNC(=O)CCN2C(=O)NC3(CCCC3)C2=O)cc1OC. The maximum atomic E-state index is 12.6. The van der Waals surface area contributed by atoms with Crippen LogP contribution in [0.15, 0.2) is 18.2 Å². The molecule has 3 N–H and O–H groups in total. The highest BCUT2D eigenvalue weighted by atomic mass is 16.5. The van der Waals surface area contributed by atoms with Gasteiger partial charge in [-0.05, 0) is 37.5 Å². The largest absolute Gasteiger partial charge is 0.493 e. The topological polar surface area (TPSA) is 126 Å². The highest BCUT2D eigenvalue weighted by Crippen LogP contribution is 2.35. The van der Waals surface area contributed by atoms with Gasteiger partial charge in [0, 0.05) is 26.1 Å². The van der Waals surface area contributed by atoms with Crippen LogP contribution in [0.3, 0.4) is 0 Å². The van der Waals surface area contributed by atoms with E-state index in [1.165, 1.54) is 7.11 Å². The zero-order valence-corrected chi connectivity index (χ0v) is 18.5. The smallest absolute Gasteiger partial charge is 0.325 e. The van der Waals surface area contributed by atoms with Crippen molar-refractivity contribution < 1.29 is 28.7 Å². The Morgan fingerprint density at radius 3 is 2.56 bits per heavy atom. The number of rotatable bonds is 10. The Hall–Kier alpha value is -3.30. The minimum absolute atomic E-state index is 0.0279. The summed E-state index contributed by atoms with van der Waals surface area (Å²) in [7, 11) is 1.49. The molecular weight excluding hydrogens is 416 g/mol. The van der Waals surface area contributed by atoms with Gasteiger partial charge in [-0.2, -0.15) is 0 Å². The van der Waals surface area contributed by atoms with Gasteiger partial charge in [-0.1, -0.05) is 18.9 Å². The highest BCUT2D eigenvalue weighted by Gasteiger charge is 2.52. The summed E-state index contributed by atoms with van der Waals surface area (Å²) in [6, 6.07) is 4.73. The van der Waals surface area contributed by atoms with Crippen LogP contribution in [0.4, 0.5) is 4.79 Å². The molecule has 3 rings (SSSR count). The van der Waals surface area contributed by atoms with Crippen molar-refractivity contribution in [1.82, 2.24) is 20.9 Å². The Balaban J connectivity index is 1.47. The second-order valence-corrected chi connectivity index (χ2v) is 7.93. The molecule has 10 heteroatoms. The lowest BCUT2D eigenvalue weighted by Gasteiger charge is -2.19. The van der Waals surface area contributed by atoms with Crippen molar-refractivity contribution in [2.75, 3.05) is 26.8 Å². The van der Waals surface area contributed by atoms with Gasteiger partial charge in [0.2, 0.25) is 5.91 Å². The quantitative estimate of drug-likeness (QED) is 0.462. The zero-order chi connectivity index (χ0) is 23.1. The third-order valence-electron chi connectivity index (χ3n) is 5.72. The second-order valence-electron chi connectivity index (χ2n) is 7.93. The summed E-state index contributed by atoms with van der Waals surface area (Å²) in [5.41, 5.74) is 0.0194. The Kier molecular flexibility index (Phi) is 7.55. The molecule has 1 heterocycles. The van der Waals surface area contributed by atoms with E-state index in [1.807, 2.05) is 6.92 Å². The van der Waals surface area contributed by atoms with Crippen molar-refractivity contribution in [3.05, 3.63) is 23.8 Å². The lowest BCUT2D eigenvalue weighted by Crippen LogP contribution is -2.44. The van der Waals surface area contributed by atoms with Crippen LogP contribution >= 0.6 is 0 Å². The molecule has 1 aromatic carbocycles. The molecule has 2 fully saturated rings. The maximum absolute atomic E-state index is 12.6. The Morgan fingerprint density at radius 1 is 1.12 bits per heavy atom. The number of imide groups is 1. The number of carbonyl (C=O) groups is 4. The number of amides is 5. The van der Waals surface area contributed by atoms with Gasteiger partial charge in [0.1, 0.15) is 5.54 Å². The van der Waals surface area contributed by atoms with Crippen molar-refractivity contribution in [3.8, 4) is 11.5 Å². The average Bonchev–Trinajstić information content (AvgIpc) is 3.34. The van der Waals surface area contributed by atoms with E-state index >= 15 is 0 Å². The maximum Gasteiger partial charge on any atom is 0.325 e. The van der Waals surface area contributed by atoms with E-state index < -0.39 is 11.6 Å². The van der Waals surface area contributed by atoms with Gasteiger partial charge in [0.05, 0.1) is 7.11 Å². The van der Waals surface area contributed by atoms with Gasteiger partial charge in [-0.25, -0.2) is 4.79 Å². The second kappa shape index (κ2) is 10.3. The number of ether oxygens (including phenoxy) is 2. The molecule has 0 bridgehead atoms. The molecule has 10 nitrogen and oxygen atoms in total. The van der Waals surface area contributed by atoms with Crippen molar-refractivity contribution in [3.63, 3.8) is 0 Å². The number of urea groups is 1. The monoisotopic (exact) mass is 446 g/mol. The number of benzene rings is 1. The standard InChI is InChI=1S/C22H30N4O6/c1-3-23-19(28)14-32-16-7-6-15(12-17(16)31-2)13-24-18(27)8-11-26-20(29)22(25-21(26)30)9-4-5-10-22/h6-7,12H,3-5,8-11,13-14H2,1-2H3,(H,23,28)(H,24,27)(H,25,30). The highest BCUT2D eigenvalue weighted by molar-refractivity contribution is 6.07. The van der Waals surface area contributed by atoms with Crippen molar-refractivity contribution in [1.29, 1.82) is 0 Å².